The van der Waals surface area contributed by atoms with E-state index in [1.165, 1.54) is 23.6 Å². The van der Waals surface area contributed by atoms with Gasteiger partial charge in [-0.05, 0) is 35.4 Å². The van der Waals surface area contributed by atoms with Gasteiger partial charge < -0.3 is 4.90 Å². The van der Waals surface area contributed by atoms with Gasteiger partial charge in [0.15, 0.2) is 0 Å². The molecule has 24 heavy (non-hydrogen) atoms. The number of piperazine rings is 1. The average molecular weight is 322 g/mol. The minimum Gasteiger partial charge on any atom is -0.337 e. The molecule has 1 amide bonds. The Labute approximate surface area is 144 Å². The summed E-state index contributed by atoms with van der Waals surface area (Å²) in [6.45, 7) is 7.04. The Bertz CT molecular complexity index is 709. The van der Waals surface area contributed by atoms with Crippen molar-refractivity contribution in [1.29, 1.82) is 0 Å². The van der Waals surface area contributed by atoms with Crippen molar-refractivity contribution in [2.45, 2.75) is 19.8 Å². The molecule has 1 saturated heterocycles. The monoisotopic (exact) mass is 322 g/mol. The van der Waals surface area contributed by atoms with E-state index >= 15 is 0 Å². The second-order valence-corrected chi connectivity index (χ2v) is 6.42. The molecular weight excluding hydrogens is 296 g/mol. The molecule has 3 heteroatoms. The zero-order valence-electron chi connectivity index (χ0n) is 14.4. The zero-order valence-corrected chi connectivity index (χ0v) is 14.4. The predicted octanol–water partition coefficient (Wildman–Crippen LogP) is 3.80. The highest BCUT2D eigenvalue weighted by atomic mass is 16.2. The van der Waals surface area contributed by atoms with Crippen molar-refractivity contribution in [3.63, 3.8) is 0 Å². The van der Waals surface area contributed by atoms with Gasteiger partial charge in [-0.3, -0.25) is 9.69 Å². The van der Waals surface area contributed by atoms with Crippen molar-refractivity contribution < 1.29 is 4.79 Å². The van der Waals surface area contributed by atoms with E-state index in [9.17, 15) is 4.79 Å². The van der Waals surface area contributed by atoms with Crippen LogP contribution in [-0.2, 0) is 4.79 Å². The summed E-state index contributed by atoms with van der Waals surface area (Å²) in [6, 6.07) is 14.5. The highest BCUT2D eigenvalue weighted by Crippen LogP contribution is 2.19. The standard InChI is InChI=1S/C21H26N2O/c1-2-3-13-22-14-16-23(17-15-22)21(24)12-11-19-9-6-8-18-7-4-5-10-20(18)19/h4-12H,2-3,13-17H2,1H3/b12-11+. The smallest absolute Gasteiger partial charge is 0.246 e. The molecule has 1 heterocycles. The zero-order chi connectivity index (χ0) is 16.8. The SMILES string of the molecule is CCCCN1CCN(C(=O)/C=C/c2cccc3ccccc23)CC1. The number of carbonyl (C=O) groups excluding carboxylic acids is 1. The molecule has 0 bridgehead atoms. The van der Waals surface area contributed by atoms with E-state index in [1.54, 1.807) is 6.08 Å². The second kappa shape index (κ2) is 8.11. The number of carbonyl (C=O) groups is 1. The number of amides is 1. The number of hydrogen-bond acceptors (Lipinski definition) is 2. The number of nitrogens with zero attached hydrogens (tertiary/aromatic N) is 2. The highest BCUT2D eigenvalue weighted by molar-refractivity contribution is 5.96. The van der Waals surface area contributed by atoms with Crippen LogP contribution in [0.15, 0.2) is 48.5 Å². The first-order valence-electron chi connectivity index (χ1n) is 8.95. The third kappa shape index (κ3) is 4.04. The van der Waals surface area contributed by atoms with E-state index in [1.807, 2.05) is 29.2 Å². The second-order valence-electron chi connectivity index (χ2n) is 6.42. The van der Waals surface area contributed by atoms with Crippen molar-refractivity contribution >= 4 is 22.8 Å². The molecule has 0 atom stereocenters. The van der Waals surface area contributed by atoms with Crippen LogP contribution in [0.2, 0.25) is 0 Å². The van der Waals surface area contributed by atoms with Gasteiger partial charge >= 0.3 is 0 Å². The Hall–Kier alpha value is -2.13. The first-order chi connectivity index (χ1) is 11.8. The molecule has 0 radical (unpaired) electrons. The van der Waals surface area contributed by atoms with E-state index in [4.69, 9.17) is 0 Å². The Kier molecular flexibility index (Phi) is 5.65. The summed E-state index contributed by atoms with van der Waals surface area (Å²) in [7, 11) is 0. The van der Waals surface area contributed by atoms with Crippen LogP contribution < -0.4 is 0 Å². The molecule has 126 valence electrons. The van der Waals surface area contributed by atoms with Crippen LogP contribution in [0.5, 0.6) is 0 Å². The minimum atomic E-state index is 0.123. The maximum atomic E-state index is 12.4. The van der Waals surface area contributed by atoms with Crippen molar-refractivity contribution in [2.24, 2.45) is 0 Å². The molecule has 3 nitrogen and oxygen atoms in total. The van der Waals surface area contributed by atoms with Crippen molar-refractivity contribution in [1.82, 2.24) is 9.80 Å². The number of benzene rings is 2. The molecule has 0 spiro atoms. The topological polar surface area (TPSA) is 23.6 Å². The Morgan fingerprint density at radius 2 is 1.79 bits per heavy atom. The number of rotatable bonds is 5. The van der Waals surface area contributed by atoms with Crippen molar-refractivity contribution in [3.05, 3.63) is 54.1 Å². The number of hydrogen-bond donors (Lipinski definition) is 0. The summed E-state index contributed by atoms with van der Waals surface area (Å²) < 4.78 is 0. The Morgan fingerprint density at radius 1 is 1.04 bits per heavy atom. The lowest BCUT2D eigenvalue weighted by Crippen LogP contribution is -2.48. The fourth-order valence-corrected chi connectivity index (χ4v) is 3.24. The van der Waals surface area contributed by atoms with Gasteiger partial charge in [-0.1, -0.05) is 55.8 Å². The van der Waals surface area contributed by atoms with Crippen LogP contribution in [-0.4, -0.2) is 48.4 Å². The van der Waals surface area contributed by atoms with Crippen LogP contribution in [0.25, 0.3) is 16.8 Å². The molecule has 1 aliphatic rings. The van der Waals surface area contributed by atoms with Gasteiger partial charge in [-0.15, -0.1) is 0 Å². The molecule has 1 aliphatic heterocycles. The summed E-state index contributed by atoms with van der Waals surface area (Å²) in [5, 5.41) is 2.39. The molecule has 0 saturated carbocycles. The molecule has 0 aliphatic carbocycles. The maximum absolute atomic E-state index is 12.4. The van der Waals surface area contributed by atoms with Gasteiger partial charge in [0.05, 0.1) is 0 Å². The largest absolute Gasteiger partial charge is 0.337 e. The lowest BCUT2D eigenvalue weighted by atomic mass is 10.0. The molecule has 0 aromatic heterocycles. The minimum absolute atomic E-state index is 0.123. The van der Waals surface area contributed by atoms with Gasteiger partial charge in [0.25, 0.3) is 0 Å². The third-order valence-corrected chi connectivity index (χ3v) is 4.74. The van der Waals surface area contributed by atoms with Crippen molar-refractivity contribution in [2.75, 3.05) is 32.7 Å². The van der Waals surface area contributed by atoms with E-state index in [0.717, 1.165) is 38.3 Å². The molecule has 0 N–H and O–H groups in total. The van der Waals surface area contributed by atoms with Gasteiger partial charge in [-0.2, -0.15) is 0 Å². The van der Waals surface area contributed by atoms with Crippen LogP contribution in [0.1, 0.15) is 25.3 Å². The maximum Gasteiger partial charge on any atom is 0.246 e. The Morgan fingerprint density at radius 3 is 2.58 bits per heavy atom. The molecule has 2 aromatic rings. The van der Waals surface area contributed by atoms with E-state index in [-0.39, 0.29) is 5.91 Å². The van der Waals surface area contributed by atoms with Crippen LogP contribution in [0.3, 0.4) is 0 Å². The summed E-state index contributed by atoms with van der Waals surface area (Å²) in [5.41, 5.74) is 1.10. The van der Waals surface area contributed by atoms with Gasteiger partial charge in [-0.25, -0.2) is 0 Å². The lowest BCUT2D eigenvalue weighted by molar-refractivity contribution is -0.127. The summed E-state index contributed by atoms with van der Waals surface area (Å²) in [6.07, 6.45) is 6.15. The normalized spacial score (nSPS) is 16.1. The van der Waals surface area contributed by atoms with Gasteiger partial charge in [0.1, 0.15) is 0 Å². The van der Waals surface area contributed by atoms with Crippen molar-refractivity contribution in [3.8, 4) is 0 Å². The van der Waals surface area contributed by atoms with E-state index < -0.39 is 0 Å². The fraction of sp³-hybridized carbons (Fsp3) is 0.381. The Balaban J connectivity index is 1.61. The third-order valence-electron chi connectivity index (χ3n) is 4.74. The number of unbranched alkanes of at least 4 members (excludes halogenated alkanes) is 1. The quantitative estimate of drug-likeness (QED) is 0.782. The molecule has 1 fully saturated rings. The van der Waals surface area contributed by atoms with E-state index in [0.29, 0.717) is 0 Å². The average Bonchev–Trinajstić information content (AvgIpc) is 2.64. The number of fused-ring (bicyclic) bond motifs is 1. The van der Waals surface area contributed by atoms with Crippen LogP contribution in [0.4, 0.5) is 0 Å². The first-order valence-corrected chi connectivity index (χ1v) is 8.95. The predicted molar refractivity (Wildman–Crippen MR) is 101 cm³/mol. The highest BCUT2D eigenvalue weighted by Gasteiger charge is 2.18. The fourth-order valence-electron chi connectivity index (χ4n) is 3.24. The van der Waals surface area contributed by atoms with Gasteiger partial charge in [0, 0.05) is 32.3 Å². The summed E-state index contributed by atoms with van der Waals surface area (Å²) in [4.78, 5) is 16.9. The first kappa shape index (κ1) is 16.7. The van der Waals surface area contributed by atoms with E-state index in [2.05, 4.69) is 36.1 Å². The summed E-state index contributed by atoms with van der Waals surface area (Å²) >= 11 is 0. The van der Waals surface area contributed by atoms with Crippen LogP contribution in [0, 0.1) is 0 Å². The molecule has 2 aromatic carbocycles. The molecule has 3 rings (SSSR count). The summed E-state index contributed by atoms with van der Waals surface area (Å²) in [5.74, 6) is 0.123. The molecular formula is C21H26N2O. The lowest BCUT2D eigenvalue weighted by Gasteiger charge is -2.34. The van der Waals surface area contributed by atoms with Crippen LogP contribution >= 0.6 is 0 Å². The van der Waals surface area contributed by atoms with Gasteiger partial charge in [0.2, 0.25) is 5.91 Å². The molecule has 0 unspecified atom stereocenters.